The lowest BCUT2D eigenvalue weighted by molar-refractivity contribution is 0.102. The third-order valence-electron chi connectivity index (χ3n) is 5.40. The maximum absolute atomic E-state index is 13.1. The molecule has 1 amide bonds. The highest BCUT2D eigenvalue weighted by atomic mass is 16.1. The zero-order chi connectivity index (χ0) is 21.2. The second-order valence-corrected chi connectivity index (χ2v) is 7.66. The van der Waals surface area contributed by atoms with Crippen molar-refractivity contribution >= 4 is 30.0 Å². The van der Waals surface area contributed by atoms with Gasteiger partial charge < -0.3 is 10.6 Å². The number of allylic oxidation sites excluding steroid dienone is 1. The summed E-state index contributed by atoms with van der Waals surface area (Å²) >= 11 is 0. The molecule has 1 saturated heterocycles. The van der Waals surface area contributed by atoms with Gasteiger partial charge in [0.2, 0.25) is 0 Å². The minimum atomic E-state index is -0.307. The van der Waals surface area contributed by atoms with E-state index in [0.29, 0.717) is 35.5 Å². The number of fused-ring (bicyclic) bond motifs is 1. The molecule has 0 aliphatic carbocycles. The third kappa shape index (κ3) is 3.89. The standard InChI is InChI=1S/C21H23N9O/c1-14-11-24-21(25-12-14)30-18(10-17(28-30)15-4-7-22-8-5-15)27-20(31)16-13-26-29-9-3-2-6-23-19(16)29/h3,6,9-13,15,22H,2,4-5,7-8H2,1H3,(H,27,31). The fourth-order valence-electron chi connectivity index (χ4n) is 3.75. The average molecular weight is 417 g/mol. The number of nitrogens with zero attached hydrogens (tertiary/aromatic N) is 7. The number of aryl methyl sites for hydroxylation is 1. The van der Waals surface area contributed by atoms with Crippen LogP contribution in [0.3, 0.4) is 0 Å². The number of aromatic nitrogens is 6. The topological polar surface area (TPSA) is 115 Å². The zero-order valence-electron chi connectivity index (χ0n) is 17.2. The van der Waals surface area contributed by atoms with E-state index in [1.165, 1.54) is 6.20 Å². The van der Waals surface area contributed by atoms with E-state index < -0.39 is 0 Å². The van der Waals surface area contributed by atoms with E-state index in [4.69, 9.17) is 5.10 Å². The number of piperidine rings is 1. The zero-order valence-corrected chi connectivity index (χ0v) is 17.2. The van der Waals surface area contributed by atoms with Crippen LogP contribution >= 0.6 is 0 Å². The molecular weight excluding hydrogens is 394 g/mol. The Morgan fingerprint density at radius 3 is 2.81 bits per heavy atom. The lowest BCUT2D eigenvalue weighted by Gasteiger charge is -2.20. The number of aliphatic imine (C=N–C) groups is 1. The molecule has 2 aliphatic heterocycles. The van der Waals surface area contributed by atoms with Gasteiger partial charge in [0.1, 0.15) is 11.4 Å². The van der Waals surface area contributed by atoms with Crippen molar-refractivity contribution in [1.29, 1.82) is 0 Å². The first-order valence-corrected chi connectivity index (χ1v) is 10.4. The summed E-state index contributed by atoms with van der Waals surface area (Å²) < 4.78 is 3.19. The van der Waals surface area contributed by atoms with Gasteiger partial charge in [-0.1, -0.05) is 6.08 Å². The van der Waals surface area contributed by atoms with Crippen LogP contribution in [0.5, 0.6) is 0 Å². The summed E-state index contributed by atoms with van der Waals surface area (Å²) in [6.45, 7) is 3.83. The van der Waals surface area contributed by atoms with Crippen LogP contribution in [0.4, 0.5) is 11.6 Å². The van der Waals surface area contributed by atoms with Gasteiger partial charge >= 0.3 is 0 Å². The molecule has 10 heteroatoms. The molecule has 0 aromatic carbocycles. The predicted molar refractivity (Wildman–Crippen MR) is 117 cm³/mol. The van der Waals surface area contributed by atoms with Crippen molar-refractivity contribution in [3.63, 3.8) is 0 Å². The van der Waals surface area contributed by atoms with Gasteiger partial charge in [-0.15, -0.1) is 0 Å². The molecule has 0 spiro atoms. The minimum absolute atomic E-state index is 0.307. The Kier molecular flexibility index (Phi) is 5.13. The Morgan fingerprint density at radius 2 is 2.00 bits per heavy atom. The Labute approximate surface area is 179 Å². The molecule has 10 nitrogen and oxygen atoms in total. The molecule has 0 saturated carbocycles. The van der Waals surface area contributed by atoms with E-state index in [0.717, 1.165) is 37.2 Å². The largest absolute Gasteiger partial charge is 0.317 e. The van der Waals surface area contributed by atoms with E-state index in [1.54, 1.807) is 34.2 Å². The van der Waals surface area contributed by atoms with Crippen molar-refractivity contribution in [3.05, 3.63) is 47.6 Å². The van der Waals surface area contributed by atoms with Crippen LogP contribution in [0.2, 0.25) is 0 Å². The highest BCUT2D eigenvalue weighted by Gasteiger charge is 2.24. The van der Waals surface area contributed by atoms with Crippen molar-refractivity contribution in [2.45, 2.75) is 32.1 Å². The first kappa shape index (κ1) is 19.3. The quantitative estimate of drug-likeness (QED) is 0.674. The van der Waals surface area contributed by atoms with Crippen LogP contribution in [-0.2, 0) is 0 Å². The third-order valence-corrected chi connectivity index (χ3v) is 5.40. The van der Waals surface area contributed by atoms with Gasteiger partial charge in [0.25, 0.3) is 11.9 Å². The molecule has 5 heterocycles. The maximum Gasteiger partial charge on any atom is 0.262 e. The van der Waals surface area contributed by atoms with Crippen molar-refractivity contribution in [1.82, 2.24) is 34.8 Å². The van der Waals surface area contributed by atoms with Crippen LogP contribution < -0.4 is 10.6 Å². The molecule has 0 bridgehead atoms. The van der Waals surface area contributed by atoms with Crippen molar-refractivity contribution in [2.75, 3.05) is 18.4 Å². The van der Waals surface area contributed by atoms with Crippen LogP contribution in [0.15, 0.2) is 35.7 Å². The molecule has 3 aromatic rings. The predicted octanol–water partition coefficient (Wildman–Crippen LogP) is 2.46. The van der Waals surface area contributed by atoms with Crippen molar-refractivity contribution < 1.29 is 4.79 Å². The van der Waals surface area contributed by atoms with E-state index in [9.17, 15) is 4.79 Å². The Bertz CT molecular complexity index is 1150. The molecule has 2 N–H and O–H groups in total. The number of amides is 1. The molecular formula is C21H23N9O. The molecule has 31 heavy (non-hydrogen) atoms. The van der Waals surface area contributed by atoms with Gasteiger partial charge in [-0.3, -0.25) is 4.79 Å². The molecule has 0 atom stereocenters. The number of nitrogens with one attached hydrogen (secondary N) is 2. The van der Waals surface area contributed by atoms with Crippen LogP contribution in [-0.4, -0.2) is 54.7 Å². The summed E-state index contributed by atoms with van der Waals surface area (Å²) in [7, 11) is 0. The lowest BCUT2D eigenvalue weighted by Crippen LogP contribution is -2.26. The van der Waals surface area contributed by atoms with Crippen molar-refractivity contribution in [3.8, 4) is 5.95 Å². The van der Waals surface area contributed by atoms with Gasteiger partial charge in [0.05, 0.1) is 11.9 Å². The molecule has 158 valence electrons. The fourth-order valence-corrected chi connectivity index (χ4v) is 3.75. The highest BCUT2D eigenvalue weighted by Crippen LogP contribution is 2.28. The monoisotopic (exact) mass is 417 g/mol. The molecule has 0 radical (unpaired) electrons. The van der Waals surface area contributed by atoms with Gasteiger partial charge in [0, 0.05) is 43.2 Å². The Hall–Kier alpha value is -3.66. The SMILES string of the molecule is Cc1cnc(-n2nc(C3CCNCC3)cc2NC(=O)c2cnn3c2N=CCC=C3)nc1. The first-order chi connectivity index (χ1) is 15.2. The van der Waals surface area contributed by atoms with E-state index in [-0.39, 0.29) is 5.91 Å². The smallest absolute Gasteiger partial charge is 0.262 e. The normalized spacial score (nSPS) is 16.2. The Balaban J connectivity index is 1.49. The minimum Gasteiger partial charge on any atom is -0.317 e. The molecule has 5 rings (SSSR count). The molecule has 1 fully saturated rings. The maximum atomic E-state index is 13.1. The van der Waals surface area contributed by atoms with Crippen LogP contribution in [0.1, 0.15) is 46.8 Å². The molecule has 0 unspecified atom stereocenters. The molecule has 2 aliphatic rings. The number of carbonyl (C=O) groups excluding carboxylic acids is 1. The molecule has 3 aromatic heterocycles. The summed E-state index contributed by atoms with van der Waals surface area (Å²) in [4.78, 5) is 26.3. The number of hydrogen-bond acceptors (Lipinski definition) is 7. The second kappa shape index (κ2) is 8.23. The van der Waals surface area contributed by atoms with Gasteiger partial charge in [-0.2, -0.15) is 14.9 Å². The van der Waals surface area contributed by atoms with E-state index in [2.05, 4.69) is 30.7 Å². The second-order valence-electron chi connectivity index (χ2n) is 7.66. The van der Waals surface area contributed by atoms with E-state index >= 15 is 0 Å². The van der Waals surface area contributed by atoms with Crippen LogP contribution in [0.25, 0.3) is 12.1 Å². The van der Waals surface area contributed by atoms with Gasteiger partial charge in [-0.05, 0) is 38.4 Å². The lowest BCUT2D eigenvalue weighted by atomic mass is 9.95. The average Bonchev–Trinajstić information content (AvgIpc) is 3.32. The Morgan fingerprint density at radius 1 is 1.19 bits per heavy atom. The van der Waals surface area contributed by atoms with Crippen LogP contribution in [0, 0.1) is 6.92 Å². The van der Waals surface area contributed by atoms with Gasteiger partial charge in [-0.25, -0.2) is 19.6 Å². The number of anilines is 1. The number of hydrogen-bond donors (Lipinski definition) is 2. The summed E-state index contributed by atoms with van der Waals surface area (Å²) in [6, 6.07) is 1.92. The van der Waals surface area contributed by atoms with E-state index in [1.807, 2.05) is 19.1 Å². The summed E-state index contributed by atoms with van der Waals surface area (Å²) in [5, 5.41) is 15.3. The van der Waals surface area contributed by atoms with Gasteiger partial charge in [0.15, 0.2) is 5.82 Å². The fraction of sp³-hybridized carbons (Fsp3) is 0.333. The first-order valence-electron chi connectivity index (χ1n) is 10.4. The summed E-state index contributed by atoms with van der Waals surface area (Å²) in [5.41, 5.74) is 2.27. The number of carbonyl (C=O) groups is 1. The summed E-state index contributed by atoms with van der Waals surface area (Å²) in [5.74, 6) is 1.46. The number of rotatable bonds is 4. The highest BCUT2D eigenvalue weighted by molar-refractivity contribution is 6.07. The summed E-state index contributed by atoms with van der Waals surface area (Å²) in [6.07, 6.45) is 13.2. The van der Waals surface area contributed by atoms with Crippen molar-refractivity contribution in [2.24, 2.45) is 4.99 Å².